The number of benzene rings is 2. The fraction of sp³-hybridized carbons (Fsp3) is 0.158. The Labute approximate surface area is 159 Å². The summed E-state index contributed by atoms with van der Waals surface area (Å²) in [5.41, 5.74) is 1.05. The molecule has 0 saturated carbocycles. The van der Waals surface area contributed by atoms with Gasteiger partial charge in [0.2, 0.25) is 0 Å². The maximum absolute atomic E-state index is 12.3. The summed E-state index contributed by atoms with van der Waals surface area (Å²) < 4.78 is 5.95. The number of carbonyl (C=O) groups is 1. The molecule has 1 atom stereocenters. The molecule has 0 fully saturated rings. The van der Waals surface area contributed by atoms with Gasteiger partial charge in [0.05, 0.1) is 28.7 Å². The van der Waals surface area contributed by atoms with E-state index in [0.717, 1.165) is 4.73 Å². The van der Waals surface area contributed by atoms with Crippen molar-refractivity contribution >= 4 is 34.2 Å². The van der Waals surface area contributed by atoms with Crippen molar-refractivity contribution in [1.82, 2.24) is 4.73 Å². The van der Waals surface area contributed by atoms with Gasteiger partial charge in [0.1, 0.15) is 12.7 Å². The SMILES string of the molecule is O=C(OC[C@@H](O)CO)c1ccccc1N=c1ccn(O)c2cc(Cl)ccc12. The molecule has 0 spiro atoms. The van der Waals surface area contributed by atoms with Crippen LogP contribution in [0.3, 0.4) is 0 Å². The van der Waals surface area contributed by atoms with Crippen molar-refractivity contribution in [3.63, 3.8) is 0 Å². The van der Waals surface area contributed by atoms with E-state index in [4.69, 9.17) is 21.4 Å². The smallest absolute Gasteiger partial charge is 0.340 e. The molecule has 0 bridgehead atoms. The molecule has 1 aromatic heterocycles. The number of aliphatic hydroxyl groups is 2. The Morgan fingerprint density at radius 1 is 1.22 bits per heavy atom. The molecule has 3 aromatic rings. The van der Waals surface area contributed by atoms with Gasteiger partial charge in [-0.25, -0.2) is 9.79 Å². The monoisotopic (exact) mass is 388 g/mol. The molecule has 0 aliphatic heterocycles. The molecule has 0 amide bonds. The van der Waals surface area contributed by atoms with Crippen LogP contribution in [-0.4, -0.2) is 45.4 Å². The van der Waals surface area contributed by atoms with Crippen LogP contribution in [0.15, 0.2) is 59.7 Å². The van der Waals surface area contributed by atoms with Crippen molar-refractivity contribution in [1.29, 1.82) is 0 Å². The number of nitrogens with zero attached hydrogens (tertiary/aromatic N) is 2. The number of aromatic nitrogens is 1. The third-order valence-corrected chi connectivity index (χ3v) is 4.07. The first-order chi connectivity index (χ1) is 13.0. The average molecular weight is 389 g/mol. The molecule has 140 valence electrons. The summed E-state index contributed by atoms with van der Waals surface area (Å²) in [7, 11) is 0. The second-order valence-corrected chi connectivity index (χ2v) is 6.21. The van der Waals surface area contributed by atoms with Crippen LogP contribution in [-0.2, 0) is 4.74 Å². The number of aliphatic hydroxyl groups excluding tert-OH is 2. The van der Waals surface area contributed by atoms with Gasteiger partial charge in [-0.1, -0.05) is 23.7 Å². The molecule has 2 aromatic carbocycles. The molecule has 3 N–H and O–H groups in total. The molecule has 0 saturated heterocycles. The van der Waals surface area contributed by atoms with Crippen LogP contribution in [0.5, 0.6) is 0 Å². The van der Waals surface area contributed by atoms with Crippen LogP contribution in [0, 0.1) is 0 Å². The number of esters is 1. The molecule has 0 unspecified atom stereocenters. The van der Waals surface area contributed by atoms with Gasteiger partial charge in [0.25, 0.3) is 0 Å². The molecule has 8 heteroatoms. The van der Waals surface area contributed by atoms with Gasteiger partial charge in [-0.3, -0.25) is 0 Å². The molecule has 0 radical (unpaired) electrons. The highest BCUT2D eigenvalue weighted by Gasteiger charge is 2.14. The van der Waals surface area contributed by atoms with Gasteiger partial charge in [0, 0.05) is 16.6 Å². The minimum atomic E-state index is -1.14. The molecule has 1 heterocycles. The van der Waals surface area contributed by atoms with Crippen molar-refractivity contribution in [3.05, 3.63) is 70.7 Å². The zero-order valence-corrected chi connectivity index (χ0v) is 14.9. The molecule has 0 aliphatic rings. The van der Waals surface area contributed by atoms with Crippen molar-refractivity contribution in [3.8, 4) is 0 Å². The predicted molar refractivity (Wildman–Crippen MR) is 99.2 cm³/mol. The summed E-state index contributed by atoms with van der Waals surface area (Å²) in [4.78, 5) is 16.8. The maximum atomic E-state index is 12.3. The van der Waals surface area contributed by atoms with Crippen LogP contribution in [0.25, 0.3) is 10.9 Å². The summed E-state index contributed by atoms with van der Waals surface area (Å²) in [6.07, 6.45) is 0.289. The highest BCUT2D eigenvalue weighted by molar-refractivity contribution is 6.31. The van der Waals surface area contributed by atoms with Gasteiger partial charge >= 0.3 is 5.97 Å². The lowest BCUT2D eigenvalue weighted by atomic mass is 10.1. The summed E-state index contributed by atoms with van der Waals surface area (Å²) >= 11 is 5.99. The Kier molecular flexibility index (Phi) is 5.75. The third kappa shape index (κ3) is 4.28. The first kappa shape index (κ1) is 18.9. The number of para-hydroxylation sites is 1. The van der Waals surface area contributed by atoms with E-state index in [9.17, 15) is 15.1 Å². The second kappa shape index (κ2) is 8.22. The van der Waals surface area contributed by atoms with E-state index < -0.39 is 18.7 Å². The Morgan fingerprint density at radius 3 is 2.78 bits per heavy atom. The first-order valence-corrected chi connectivity index (χ1v) is 8.47. The summed E-state index contributed by atoms with van der Waals surface area (Å²) in [5, 5.41) is 29.8. The van der Waals surface area contributed by atoms with Crippen molar-refractivity contribution in [2.75, 3.05) is 13.2 Å². The van der Waals surface area contributed by atoms with Gasteiger partial charge in [-0.15, -0.1) is 0 Å². The van der Waals surface area contributed by atoms with Gasteiger partial charge < -0.3 is 20.2 Å². The van der Waals surface area contributed by atoms with Crippen LogP contribution in [0.2, 0.25) is 5.02 Å². The zero-order chi connectivity index (χ0) is 19.4. The van der Waals surface area contributed by atoms with Crippen molar-refractivity contribution in [2.45, 2.75) is 6.10 Å². The fourth-order valence-electron chi connectivity index (χ4n) is 2.50. The third-order valence-electron chi connectivity index (χ3n) is 3.84. The molecule has 3 rings (SSSR count). The largest absolute Gasteiger partial charge is 0.459 e. The maximum Gasteiger partial charge on any atom is 0.340 e. The lowest BCUT2D eigenvalue weighted by Gasteiger charge is -2.10. The van der Waals surface area contributed by atoms with E-state index in [1.165, 1.54) is 6.20 Å². The highest BCUT2D eigenvalue weighted by Crippen LogP contribution is 2.21. The van der Waals surface area contributed by atoms with Crippen LogP contribution >= 0.6 is 11.6 Å². The van der Waals surface area contributed by atoms with Gasteiger partial charge in [-0.2, -0.15) is 4.73 Å². The lowest BCUT2D eigenvalue weighted by Crippen LogP contribution is -2.22. The van der Waals surface area contributed by atoms with Gasteiger partial charge in [0.15, 0.2) is 0 Å². The van der Waals surface area contributed by atoms with Crippen LogP contribution in [0.4, 0.5) is 5.69 Å². The Morgan fingerprint density at radius 2 is 2.00 bits per heavy atom. The molecule has 0 aliphatic carbocycles. The normalized spacial score (nSPS) is 12.9. The molecule has 27 heavy (non-hydrogen) atoms. The van der Waals surface area contributed by atoms with Crippen molar-refractivity contribution < 1.29 is 25.0 Å². The minimum Gasteiger partial charge on any atom is -0.459 e. The standard InChI is InChI=1S/C19H17ClN2O5/c20-12-5-6-14-17(7-8-22(26)18(14)9-12)21-16-4-2-1-3-15(16)19(25)27-11-13(24)10-23/h1-9,13,23-24,26H,10-11H2/t13-/m0/s1. The van der Waals surface area contributed by atoms with E-state index in [1.54, 1.807) is 48.5 Å². The topological polar surface area (TPSA) is 104 Å². The summed E-state index contributed by atoms with van der Waals surface area (Å²) in [6, 6.07) is 13.2. The zero-order valence-electron chi connectivity index (χ0n) is 14.1. The number of rotatable bonds is 5. The van der Waals surface area contributed by atoms with E-state index >= 15 is 0 Å². The van der Waals surface area contributed by atoms with Crippen LogP contribution < -0.4 is 5.36 Å². The summed E-state index contributed by atoms with van der Waals surface area (Å²) in [5.74, 6) is -0.664. The van der Waals surface area contributed by atoms with Gasteiger partial charge in [-0.05, 0) is 36.4 Å². The number of hydrogen-bond donors (Lipinski definition) is 3. The first-order valence-electron chi connectivity index (χ1n) is 8.09. The number of carbonyl (C=O) groups excluding carboxylic acids is 1. The number of hydrogen-bond acceptors (Lipinski definition) is 6. The molecular formula is C19H17ClN2O5. The number of halogens is 1. The number of pyridine rings is 1. The van der Waals surface area contributed by atoms with E-state index in [0.29, 0.717) is 27.0 Å². The molecular weight excluding hydrogens is 372 g/mol. The predicted octanol–water partition coefficient (Wildman–Crippen LogP) is 2.27. The quantitative estimate of drug-likeness (QED) is 0.459. The second-order valence-electron chi connectivity index (χ2n) is 5.77. The minimum absolute atomic E-state index is 0.213. The average Bonchev–Trinajstić information content (AvgIpc) is 2.68. The lowest BCUT2D eigenvalue weighted by molar-refractivity contribution is 0.00939. The molecule has 7 nitrogen and oxygen atoms in total. The van der Waals surface area contributed by atoms with Crippen LogP contribution in [0.1, 0.15) is 10.4 Å². The van der Waals surface area contributed by atoms with Crippen molar-refractivity contribution in [2.24, 2.45) is 4.99 Å². The number of fused-ring (bicyclic) bond motifs is 1. The Hall–Kier alpha value is -2.87. The van der Waals surface area contributed by atoms with E-state index in [-0.39, 0.29) is 12.2 Å². The summed E-state index contributed by atoms with van der Waals surface area (Å²) in [6.45, 7) is -0.819. The fourth-order valence-corrected chi connectivity index (χ4v) is 2.66. The van der Waals surface area contributed by atoms with E-state index in [1.807, 2.05) is 0 Å². The van der Waals surface area contributed by atoms with E-state index in [2.05, 4.69) is 4.99 Å². The highest BCUT2D eigenvalue weighted by atomic mass is 35.5. The number of ether oxygens (including phenoxy) is 1. The Bertz CT molecular complexity index is 1050. The Balaban J connectivity index is 2.05.